The summed E-state index contributed by atoms with van der Waals surface area (Å²) in [6, 6.07) is 0. The van der Waals surface area contributed by atoms with Crippen LogP contribution in [-0.4, -0.2) is 68.6 Å². The number of likely N-dealkylation sites (tertiary alicyclic amines) is 1. The monoisotopic (exact) mass is 416 g/mol. The van der Waals surface area contributed by atoms with Crippen molar-refractivity contribution in [2.75, 3.05) is 45.0 Å². The molecule has 0 bridgehead atoms. The highest BCUT2D eigenvalue weighted by Crippen LogP contribution is 2.12. The summed E-state index contributed by atoms with van der Waals surface area (Å²) in [4.78, 5) is 6.80. The number of nitrogens with zero attached hydrogens (tertiary/aromatic N) is 3. The summed E-state index contributed by atoms with van der Waals surface area (Å²) in [5.74, 6) is 1.22. The molecule has 0 atom stereocenters. The predicted molar refractivity (Wildman–Crippen MR) is 92.2 cm³/mol. The van der Waals surface area contributed by atoms with Gasteiger partial charge in [-0.1, -0.05) is 0 Å². The van der Waals surface area contributed by atoms with E-state index in [-0.39, 0.29) is 24.0 Å². The fourth-order valence-corrected chi connectivity index (χ4v) is 4.08. The fraction of sp³-hybridized carbons (Fsp3) is 0.917. The molecule has 2 heterocycles. The van der Waals surface area contributed by atoms with Crippen molar-refractivity contribution >= 4 is 40.0 Å². The first-order chi connectivity index (χ1) is 9.13. The van der Waals surface area contributed by atoms with E-state index in [2.05, 4.69) is 22.1 Å². The summed E-state index contributed by atoms with van der Waals surface area (Å²) in [6.07, 6.45) is 3.17. The van der Waals surface area contributed by atoms with Crippen molar-refractivity contribution in [3.05, 3.63) is 0 Å². The summed E-state index contributed by atoms with van der Waals surface area (Å²) in [5, 5.41) is 3.28. The van der Waals surface area contributed by atoms with Crippen LogP contribution in [0, 0.1) is 0 Å². The Hall–Kier alpha value is -0.0900. The van der Waals surface area contributed by atoms with Crippen LogP contribution < -0.4 is 5.32 Å². The molecule has 20 heavy (non-hydrogen) atoms. The summed E-state index contributed by atoms with van der Waals surface area (Å²) >= 11 is 0. The summed E-state index contributed by atoms with van der Waals surface area (Å²) in [7, 11) is -2.99. The highest BCUT2D eigenvalue weighted by atomic mass is 127. The summed E-state index contributed by atoms with van der Waals surface area (Å²) in [6.45, 7) is 6.69. The highest BCUT2D eigenvalue weighted by Gasteiger charge is 2.27. The Morgan fingerprint density at radius 3 is 2.45 bits per heavy atom. The van der Waals surface area contributed by atoms with Gasteiger partial charge in [-0.25, -0.2) is 12.7 Å². The van der Waals surface area contributed by atoms with Crippen LogP contribution in [0.15, 0.2) is 4.99 Å². The third-order valence-electron chi connectivity index (χ3n) is 3.55. The lowest BCUT2D eigenvalue weighted by Gasteiger charge is -2.21. The first-order valence-electron chi connectivity index (χ1n) is 7.14. The van der Waals surface area contributed by atoms with Crippen LogP contribution in [0.4, 0.5) is 0 Å². The van der Waals surface area contributed by atoms with Crippen LogP contribution >= 0.6 is 24.0 Å². The first kappa shape index (κ1) is 18.0. The highest BCUT2D eigenvalue weighted by molar-refractivity contribution is 14.0. The molecule has 0 spiro atoms. The van der Waals surface area contributed by atoms with Crippen molar-refractivity contribution in [3.8, 4) is 0 Å². The lowest BCUT2D eigenvalue weighted by atomic mass is 10.4. The zero-order valence-electron chi connectivity index (χ0n) is 12.0. The lowest BCUT2D eigenvalue weighted by molar-refractivity contribution is 0.447. The smallest absolute Gasteiger partial charge is 0.214 e. The molecule has 2 saturated heterocycles. The van der Waals surface area contributed by atoms with Crippen molar-refractivity contribution in [2.45, 2.75) is 26.2 Å². The van der Waals surface area contributed by atoms with Gasteiger partial charge in [-0.2, -0.15) is 0 Å². The van der Waals surface area contributed by atoms with Crippen LogP contribution in [0.25, 0.3) is 0 Å². The number of halogens is 1. The molecular formula is C12H25IN4O2S. The van der Waals surface area contributed by atoms with E-state index in [1.165, 1.54) is 12.8 Å². The van der Waals surface area contributed by atoms with Gasteiger partial charge in [0.15, 0.2) is 5.96 Å². The van der Waals surface area contributed by atoms with Crippen LogP contribution in [-0.2, 0) is 10.0 Å². The molecule has 6 nitrogen and oxygen atoms in total. The van der Waals surface area contributed by atoms with E-state index >= 15 is 0 Å². The second kappa shape index (κ2) is 8.38. The molecule has 2 aliphatic heterocycles. The molecule has 0 unspecified atom stereocenters. The lowest BCUT2D eigenvalue weighted by Crippen LogP contribution is -2.40. The van der Waals surface area contributed by atoms with Gasteiger partial charge in [0.1, 0.15) is 0 Å². The minimum Gasteiger partial charge on any atom is -0.357 e. The second-order valence-electron chi connectivity index (χ2n) is 5.00. The molecule has 2 aliphatic rings. The molecule has 2 rings (SSSR count). The molecule has 8 heteroatoms. The number of guanidine groups is 1. The van der Waals surface area contributed by atoms with Crippen LogP contribution in [0.3, 0.4) is 0 Å². The zero-order chi connectivity index (χ0) is 13.7. The van der Waals surface area contributed by atoms with Gasteiger partial charge in [0, 0.05) is 32.7 Å². The molecule has 0 aromatic rings. The minimum atomic E-state index is -2.99. The topological polar surface area (TPSA) is 65.0 Å². The number of nitrogens with one attached hydrogen (secondary N) is 1. The van der Waals surface area contributed by atoms with E-state index < -0.39 is 10.0 Å². The molecule has 0 aliphatic carbocycles. The number of aliphatic imine (C=N–C) groups is 1. The van der Waals surface area contributed by atoms with E-state index in [0.29, 0.717) is 25.4 Å². The standard InChI is InChI=1S/C12H24N4O2S.HI/c1-2-13-12(15-7-3-4-8-15)14-6-10-16-9-5-11-19(16,17)18;/h2-11H2,1H3,(H,13,14);1H. The van der Waals surface area contributed by atoms with Gasteiger partial charge >= 0.3 is 0 Å². The van der Waals surface area contributed by atoms with Crippen molar-refractivity contribution in [1.29, 1.82) is 0 Å². The van der Waals surface area contributed by atoms with Gasteiger partial charge in [-0.15, -0.1) is 24.0 Å². The molecule has 0 radical (unpaired) electrons. The molecule has 118 valence electrons. The molecule has 0 aromatic heterocycles. The Balaban J connectivity index is 0.00000200. The van der Waals surface area contributed by atoms with Gasteiger partial charge in [0.25, 0.3) is 0 Å². The maximum atomic E-state index is 11.7. The van der Waals surface area contributed by atoms with Crippen molar-refractivity contribution in [1.82, 2.24) is 14.5 Å². The van der Waals surface area contributed by atoms with Gasteiger partial charge in [-0.3, -0.25) is 4.99 Å². The van der Waals surface area contributed by atoms with Crippen molar-refractivity contribution < 1.29 is 8.42 Å². The largest absolute Gasteiger partial charge is 0.357 e. The Morgan fingerprint density at radius 1 is 1.20 bits per heavy atom. The maximum Gasteiger partial charge on any atom is 0.214 e. The second-order valence-corrected chi connectivity index (χ2v) is 7.09. The van der Waals surface area contributed by atoms with Crippen molar-refractivity contribution in [2.24, 2.45) is 4.99 Å². The summed E-state index contributed by atoms with van der Waals surface area (Å²) in [5.41, 5.74) is 0. The quantitative estimate of drug-likeness (QED) is 0.417. The number of hydrogen-bond acceptors (Lipinski definition) is 3. The van der Waals surface area contributed by atoms with Gasteiger partial charge < -0.3 is 10.2 Å². The maximum absolute atomic E-state index is 11.7. The Kier molecular flexibility index (Phi) is 7.52. The van der Waals surface area contributed by atoms with E-state index in [4.69, 9.17) is 0 Å². The third kappa shape index (κ3) is 4.73. The van der Waals surface area contributed by atoms with Gasteiger partial charge in [0.05, 0.1) is 12.3 Å². The molecule has 0 amide bonds. The zero-order valence-corrected chi connectivity index (χ0v) is 15.2. The van der Waals surface area contributed by atoms with Crippen molar-refractivity contribution in [3.63, 3.8) is 0 Å². The van der Waals surface area contributed by atoms with E-state index in [1.54, 1.807) is 4.31 Å². The predicted octanol–water partition coefficient (Wildman–Crippen LogP) is 0.701. The minimum absolute atomic E-state index is 0. The SMILES string of the molecule is CCNC(=NCCN1CCCS1(=O)=O)N1CCCC1.I. The number of sulfonamides is 1. The molecule has 2 fully saturated rings. The van der Waals surface area contributed by atoms with Crippen LogP contribution in [0.2, 0.25) is 0 Å². The van der Waals surface area contributed by atoms with Gasteiger partial charge in [0.2, 0.25) is 10.0 Å². The average molecular weight is 416 g/mol. The summed E-state index contributed by atoms with van der Waals surface area (Å²) < 4.78 is 24.9. The Bertz CT molecular complexity index is 421. The van der Waals surface area contributed by atoms with E-state index in [0.717, 1.165) is 32.0 Å². The van der Waals surface area contributed by atoms with Crippen LogP contribution in [0.1, 0.15) is 26.2 Å². The number of rotatable bonds is 4. The normalized spacial score (nSPS) is 22.9. The number of hydrogen-bond donors (Lipinski definition) is 1. The molecule has 0 aromatic carbocycles. The Labute approximate surface area is 139 Å². The van der Waals surface area contributed by atoms with Crippen LogP contribution in [0.5, 0.6) is 0 Å². The first-order valence-corrected chi connectivity index (χ1v) is 8.75. The Morgan fingerprint density at radius 2 is 1.90 bits per heavy atom. The fourth-order valence-electron chi connectivity index (χ4n) is 2.56. The average Bonchev–Trinajstić information content (AvgIpc) is 2.98. The molecular weight excluding hydrogens is 391 g/mol. The van der Waals surface area contributed by atoms with E-state index in [9.17, 15) is 8.42 Å². The van der Waals surface area contributed by atoms with E-state index in [1.807, 2.05) is 0 Å². The third-order valence-corrected chi connectivity index (χ3v) is 5.51. The molecule has 1 N–H and O–H groups in total. The molecule has 0 saturated carbocycles. The van der Waals surface area contributed by atoms with Gasteiger partial charge in [-0.05, 0) is 26.2 Å².